The van der Waals surface area contributed by atoms with Crippen LogP contribution in [0, 0.1) is 10.1 Å². The molecule has 7 heteroatoms. The maximum atomic E-state index is 12.2. The van der Waals surface area contributed by atoms with Gasteiger partial charge >= 0.3 is 12.2 Å². The van der Waals surface area contributed by atoms with Crippen LogP contribution in [0.15, 0.2) is 0 Å². The van der Waals surface area contributed by atoms with Gasteiger partial charge in [0.05, 0.1) is 0 Å². The third-order valence-corrected chi connectivity index (χ3v) is 2.28. The van der Waals surface area contributed by atoms with Crippen LogP contribution in [0.1, 0.15) is 39.0 Å². The topological polar surface area (TPSA) is 63.4 Å². The number of rotatable bonds is 7. The molecule has 0 aliphatic heterocycles. The third kappa shape index (κ3) is 5.29. The van der Waals surface area contributed by atoms with Crippen molar-refractivity contribution < 1.29 is 23.2 Å². The molecule has 4 nitrogen and oxygen atoms in total. The molecular formula is C9H16F3NO3. The molecular weight excluding hydrogens is 227 g/mol. The van der Waals surface area contributed by atoms with Gasteiger partial charge in [-0.3, -0.25) is 10.1 Å². The van der Waals surface area contributed by atoms with E-state index in [0.29, 0.717) is 12.8 Å². The molecule has 0 heterocycles. The van der Waals surface area contributed by atoms with Crippen LogP contribution in [-0.4, -0.2) is 28.4 Å². The van der Waals surface area contributed by atoms with Crippen molar-refractivity contribution in [3.05, 3.63) is 10.1 Å². The van der Waals surface area contributed by atoms with E-state index < -0.39 is 23.2 Å². The van der Waals surface area contributed by atoms with Gasteiger partial charge in [-0.2, -0.15) is 13.2 Å². The molecule has 0 aromatic rings. The fraction of sp³-hybridized carbons (Fsp3) is 1.00. The lowest BCUT2D eigenvalue weighted by molar-refractivity contribution is -0.574. The van der Waals surface area contributed by atoms with Gasteiger partial charge in [-0.15, -0.1) is 0 Å². The van der Waals surface area contributed by atoms with Crippen LogP contribution < -0.4 is 0 Å². The summed E-state index contributed by atoms with van der Waals surface area (Å²) in [6.45, 7) is 1.94. The molecule has 0 amide bonds. The Hall–Kier alpha value is -0.850. The highest BCUT2D eigenvalue weighted by molar-refractivity contribution is 4.75. The molecule has 16 heavy (non-hydrogen) atoms. The second-order valence-electron chi connectivity index (χ2n) is 3.69. The van der Waals surface area contributed by atoms with Crippen molar-refractivity contribution in [2.45, 2.75) is 57.3 Å². The Bertz CT molecular complexity index is 221. The molecule has 0 bridgehead atoms. The summed E-state index contributed by atoms with van der Waals surface area (Å²) < 4.78 is 36.6. The molecule has 0 rings (SSSR count). The standard InChI is InChI=1S/C9H16F3NO3/c1-2-3-4-5-6-7(14)8(13(15)16)9(10,11)12/h7-8,14H,2-6H2,1H3. The van der Waals surface area contributed by atoms with E-state index in [-0.39, 0.29) is 6.42 Å². The molecule has 0 radical (unpaired) electrons. The summed E-state index contributed by atoms with van der Waals surface area (Å²) in [7, 11) is 0. The van der Waals surface area contributed by atoms with Gasteiger partial charge in [0.2, 0.25) is 0 Å². The van der Waals surface area contributed by atoms with E-state index in [9.17, 15) is 23.3 Å². The number of nitrogens with zero attached hydrogens (tertiary/aromatic N) is 1. The molecule has 0 fully saturated rings. The average molecular weight is 243 g/mol. The van der Waals surface area contributed by atoms with Gasteiger partial charge in [-0.1, -0.05) is 32.6 Å². The monoisotopic (exact) mass is 243 g/mol. The number of halogens is 3. The highest BCUT2D eigenvalue weighted by Gasteiger charge is 2.53. The van der Waals surface area contributed by atoms with Gasteiger partial charge in [-0.25, -0.2) is 0 Å². The van der Waals surface area contributed by atoms with Crippen molar-refractivity contribution in [2.24, 2.45) is 0 Å². The van der Waals surface area contributed by atoms with Gasteiger partial charge in [0, 0.05) is 4.92 Å². The van der Waals surface area contributed by atoms with E-state index in [1.54, 1.807) is 0 Å². The van der Waals surface area contributed by atoms with Crippen LogP contribution in [-0.2, 0) is 0 Å². The number of aliphatic hydroxyl groups excluding tert-OH is 1. The Morgan fingerprint density at radius 3 is 2.25 bits per heavy atom. The number of alkyl halides is 3. The lowest BCUT2D eigenvalue weighted by Crippen LogP contribution is -2.45. The van der Waals surface area contributed by atoms with Gasteiger partial charge < -0.3 is 5.11 Å². The predicted octanol–water partition coefficient (Wildman–Crippen LogP) is 2.53. The Morgan fingerprint density at radius 1 is 1.31 bits per heavy atom. The summed E-state index contributed by atoms with van der Waals surface area (Å²) in [5, 5.41) is 19.4. The second-order valence-corrected chi connectivity index (χ2v) is 3.69. The van der Waals surface area contributed by atoms with Gasteiger partial charge in [0.25, 0.3) is 0 Å². The fourth-order valence-corrected chi connectivity index (χ4v) is 1.42. The van der Waals surface area contributed by atoms with Crippen molar-refractivity contribution in [1.82, 2.24) is 0 Å². The summed E-state index contributed by atoms with van der Waals surface area (Å²) in [5.41, 5.74) is 0. The number of aliphatic hydroxyl groups is 1. The van der Waals surface area contributed by atoms with Gasteiger partial charge in [0.15, 0.2) is 0 Å². The van der Waals surface area contributed by atoms with Crippen LogP contribution in [0.25, 0.3) is 0 Å². The largest absolute Gasteiger partial charge is 0.460 e. The summed E-state index contributed by atoms with van der Waals surface area (Å²) in [6, 6.07) is -2.87. The molecule has 2 unspecified atom stereocenters. The Morgan fingerprint density at radius 2 is 1.88 bits per heavy atom. The van der Waals surface area contributed by atoms with Crippen LogP contribution in [0.3, 0.4) is 0 Å². The Balaban J connectivity index is 4.19. The maximum absolute atomic E-state index is 12.2. The van der Waals surface area contributed by atoms with Crippen LogP contribution in [0.5, 0.6) is 0 Å². The molecule has 2 atom stereocenters. The minimum atomic E-state index is -4.99. The quantitative estimate of drug-likeness (QED) is 0.424. The first-order valence-corrected chi connectivity index (χ1v) is 5.19. The smallest absolute Gasteiger partial charge is 0.386 e. The molecule has 1 N–H and O–H groups in total. The minimum Gasteiger partial charge on any atom is -0.386 e. The van der Waals surface area contributed by atoms with Gasteiger partial charge in [-0.05, 0) is 6.42 Å². The first kappa shape index (κ1) is 15.2. The summed E-state index contributed by atoms with van der Waals surface area (Å²) >= 11 is 0. The second kappa shape index (κ2) is 6.67. The van der Waals surface area contributed by atoms with Crippen LogP contribution in [0.4, 0.5) is 13.2 Å². The number of hydrogen-bond acceptors (Lipinski definition) is 3. The molecule has 0 aromatic carbocycles. The van der Waals surface area contributed by atoms with E-state index in [4.69, 9.17) is 5.11 Å². The molecule has 0 aliphatic carbocycles. The van der Waals surface area contributed by atoms with E-state index in [1.807, 2.05) is 6.92 Å². The molecule has 0 aliphatic rings. The number of unbranched alkanes of at least 4 members (excludes halogenated alkanes) is 3. The zero-order valence-corrected chi connectivity index (χ0v) is 9.04. The van der Waals surface area contributed by atoms with Crippen molar-refractivity contribution in [2.75, 3.05) is 0 Å². The lowest BCUT2D eigenvalue weighted by Gasteiger charge is -2.18. The van der Waals surface area contributed by atoms with E-state index in [2.05, 4.69) is 0 Å². The fourth-order valence-electron chi connectivity index (χ4n) is 1.42. The van der Waals surface area contributed by atoms with Crippen molar-refractivity contribution in [1.29, 1.82) is 0 Å². The first-order chi connectivity index (χ1) is 7.30. The summed E-state index contributed by atoms with van der Waals surface area (Å²) in [4.78, 5) is 8.73. The minimum absolute atomic E-state index is 0.189. The molecule has 0 saturated heterocycles. The normalized spacial score (nSPS) is 15.8. The zero-order chi connectivity index (χ0) is 12.8. The van der Waals surface area contributed by atoms with Gasteiger partial charge in [0.1, 0.15) is 6.10 Å². The van der Waals surface area contributed by atoms with E-state index in [0.717, 1.165) is 12.8 Å². The maximum Gasteiger partial charge on any atom is 0.460 e. The number of nitro groups is 1. The zero-order valence-electron chi connectivity index (χ0n) is 9.04. The van der Waals surface area contributed by atoms with Crippen molar-refractivity contribution in [3.63, 3.8) is 0 Å². The summed E-state index contributed by atoms with van der Waals surface area (Å²) in [6.07, 6.45) is -4.33. The molecule has 0 spiro atoms. The van der Waals surface area contributed by atoms with Crippen molar-refractivity contribution >= 4 is 0 Å². The third-order valence-electron chi connectivity index (χ3n) is 2.28. The molecule has 0 aromatic heterocycles. The Labute approximate surface area is 91.6 Å². The number of hydrogen-bond donors (Lipinski definition) is 1. The average Bonchev–Trinajstić information content (AvgIpc) is 2.09. The highest BCUT2D eigenvalue weighted by atomic mass is 19.4. The van der Waals surface area contributed by atoms with E-state index in [1.165, 1.54) is 0 Å². The molecule has 0 saturated carbocycles. The van der Waals surface area contributed by atoms with E-state index >= 15 is 0 Å². The Kier molecular flexibility index (Phi) is 6.32. The highest BCUT2D eigenvalue weighted by Crippen LogP contribution is 2.26. The predicted molar refractivity (Wildman–Crippen MR) is 51.6 cm³/mol. The van der Waals surface area contributed by atoms with Crippen LogP contribution in [0.2, 0.25) is 0 Å². The summed E-state index contributed by atoms with van der Waals surface area (Å²) in [5.74, 6) is 0. The lowest BCUT2D eigenvalue weighted by atomic mass is 10.0. The van der Waals surface area contributed by atoms with Crippen LogP contribution >= 0.6 is 0 Å². The first-order valence-electron chi connectivity index (χ1n) is 5.19. The molecule has 96 valence electrons. The SMILES string of the molecule is CCCCCCC(O)C([N+](=O)[O-])C(F)(F)F. The van der Waals surface area contributed by atoms with Crippen molar-refractivity contribution in [3.8, 4) is 0 Å².